The third-order valence-corrected chi connectivity index (χ3v) is 6.01. The monoisotopic (exact) mass is 433 g/mol. The topological polar surface area (TPSA) is 52.7 Å². The van der Waals surface area contributed by atoms with Crippen LogP contribution in [0, 0.1) is 11.6 Å². The molecular formula is C22H22ClF2N3O2. The van der Waals surface area contributed by atoms with Gasteiger partial charge in [0.15, 0.2) is 0 Å². The Morgan fingerprint density at radius 3 is 2.53 bits per heavy atom. The Labute approximate surface area is 178 Å². The third kappa shape index (κ3) is 4.32. The molecule has 1 amide bonds. The van der Waals surface area contributed by atoms with E-state index in [2.05, 4.69) is 5.32 Å². The first-order valence-electron chi connectivity index (χ1n) is 9.87. The molecule has 4 rings (SSSR count). The van der Waals surface area contributed by atoms with Crippen LogP contribution in [-0.4, -0.2) is 48.8 Å². The second-order valence-corrected chi connectivity index (χ2v) is 8.30. The van der Waals surface area contributed by atoms with E-state index < -0.39 is 16.7 Å². The molecule has 1 saturated heterocycles. The molecule has 0 saturated carbocycles. The summed E-state index contributed by atoms with van der Waals surface area (Å²) in [4.78, 5) is 28.0. The molecule has 1 aliphatic heterocycles. The minimum absolute atomic E-state index is 0.0301. The van der Waals surface area contributed by atoms with Crippen LogP contribution in [0.4, 0.5) is 20.2 Å². The number of Topliss-reactive ketones (excluding diaryl/α,β-unsaturated/α-hetero) is 1. The summed E-state index contributed by atoms with van der Waals surface area (Å²) in [7, 11) is 0. The molecule has 158 valence electrons. The summed E-state index contributed by atoms with van der Waals surface area (Å²) in [5, 5.41) is 2.39. The predicted molar refractivity (Wildman–Crippen MR) is 112 cm³/mol. The zero-order valence-corrected chi connectivity index (χ0v) is 17.3. The highest BCUT2D eigenvalue weighted by Crippen LogP contribution is 2.28. The van der Waals surface area contributed by atoms with E-state index in [1.165, 1.54) is 12.1 Å². The van der Waals surface area contributed by atoms with E-state index in [1.807, 2.05) is 34.9 Å². The average Bonchev–Trinajstić information content (AvgIpc) is 3.05. The van der Waals surface area contributed by atoms with Crippen molar-refractivity contribution in [2.45, 2.75) is 25.8 Å². The van der Waals surface area contributed by atoms with E-state index in [9.17, 15) is 18.4 Å². The number of piperazine rings is 1. The molecule has 0 bridgehead atoms. The van der Waals surface area contributed by atoms with Gasteiger partial charge in [-0.1, -0.05) is 17.7 Å². The lowest BCUT2D eigenvalue weighted by Gasteiger charge is -2.41. The number of hydrogen-bond acceptors (Lipinski definition) is 4. The number of ketones is 1. The summed E-state index contributed by atoms with van der Waals surface area (Å²) in [6, 6.07) is 8.02. The maximum Gasteiger partial charge on any atom is 0.238 e. The minimum atomic E-state index is -0.781. The molecule has 1 N–H and O–H groups in total. The number of hydrogen-bond donors (Lipinski definition) is 1. The molecule has 5 nitrogen and oxygen atoms in total. The molecule has 2 aromatic carbocycles. The van der Waals surface area contributed by atoms with E-state index in [0.717, 1.165) is 11.1 Å². The van der Waals surface area contributed by atoms with Crippen molar-refractivity contribution in [3.8, 4) is 0 Å². The maximum absolute atomic E-state index is 13.8. The minimum Gasteiger partial charge on any atom is -0.366 e. The molecule has 1 atom stereocenters. The first kappa shape index (κ1) is 20.8. The number of nitrogens with zero attached hydrogens (tertiary/aromatic N) is 2. The number of carbonyl (C=O) groups excluding carboxylic acids is 2. The number of anilines is 2. The van der Waals surface area contributed by atoms with Crippen molar-refractivity contribution in [3.63, 3.8) is 0 Å². The van der Waals surface area contributed by atoms with Gasteiger partial charge in [0.1, 0.15) is 22.4 Å². The van der Waals surface area contributed by atoms with Gasteiger partial charge >= 0.3 is 0 Å². The molecule has 8 heteroatoms. The van der Waals surface area contributed by atoms with Crippen molar-refractivity contribution in [2.24, 2.45) is 0 Å². The van der Waals surface area contributed by atoms with E-state index in [-0.39, 0.29) is 24.3 Å². The number of halogens is 3. The van der Waals surface area contributed by atoms with Gasteiger partial charge in [0.2, 0.25) is 5.91 Å². The van der Waals surface area contributed by atoms with Gasteiger partial charge in [-0.3, -0.25) is 14.5 Å². The first-order valence-corrected chi connectivity index (χ1v) is 10.2. The Bertz CT molecular complexity index is 991. The van der Waals surface area contributed by atoms with Gasteiger partial charge in [-0.05, 0) is 42.3 Å². The molecule has 0 radical (unpaired) electrons. The van der Waals surface area contributed by atoms with Gasteiger partial charge in [0.25, 0.3) is 0 Å². The molecule has 1 heterocycles. The fourth-order valence-electron chi connectivity index (χ4n) is 4.20. The van der Waals surface area contributed by atoms with Crippen LogP contribution in [0.5, 0.6) is 0 Å². The lowest BCUT2D eigenvalue weighted by Crippen LogP contribution is -2.53. The Morgan fingerprint density at radius 1 is 1.13 bits per heavy atom. The molecule has 2 aliphatic rings. The maximum atomic E-state index is 13.8. The fourth-order valence-corrected chi connectivity index (χ4v) is 4.31. The number of carbonyl (C=O) groups is 2. The van der Waals surface area contributed by atoms with E-state index >= 15 is 0 Å². The number of amides is 1. The SMILES string of the molecule is C[C@@H]1CN(CC(=O)Nc2ccc3c(c2)CC(=O)C3)CCN1c1cc(F)c(Cl)c(F)c1. The Balaban J connectivity index is 1.34. The zero-order chi connectivity index (χ0) is 21.4. The molecule has 30 heavy (non-hydrogen) atoms. The largest absolute Gasteiger partial charge is 0.366 e. The first-order chi connectivity index (χ1) is 14.3. The van der Waals surface area contributed by atoms with Crippen molar-refractivity contribution in [1.29, 1.82) is 0 Å². The van der Waals surface area contributed by atoms with E-state index in [4.69, 9.17) is 11.6 Å². The molecular weight excluding hydrogens is 412 g/mol. The van der Waals surface area contributed by atoms with Crippen molar-refractivity contribution < 1.29 is 18.4 Å². The molecule has 0 aromatic heterocycles. The zero-order valence-electron chi connectivity index (χ0n) is 16.6. The van der Waals surface area contributed by atoms with Crippen LogP contribution in [0.3, 0.4) is 0 Å². The predicted octanol–water partition coefficient (Wildman–Crippen LogP) is 3.44. The highest BCUT2D eigenvalue weighted by atomic mass is 35.5. The summed E-state index contributed by atoms with van der Waals surface area (Å²) in [5.41, 5.74) is 3.13. The third-order valence-electron chi connectivity index (χ3n) is 5.64. The normalized spacial score (nSPS) is 19.1. The average molecular weight is 434 g/mol. The van der Waals surface area contributed by atoms with Crippen molar-refractivity contribution in [1.82, 2.24) is 4.90 Å². The van der Waals surface area contributed by atoms with Crippen molar-refractivity contribution in [3.05, 3.63) is 58.1 Å². The molecule has 0 spiro atoms. The van der Waals surface area contributed by atoms with Gasteiger partial charge in [0.05, 0.1) is 6.54 Å². The fraction of sp³-hybridized carbons (Fsp3) is 0.364. The number of rotatable bonds is 4. The summed E-state index contributed by atoms with van der Waals surface area (Å²) in [6.07, 6.45) is 0.886. The quantitative estimate of drug-likeness (QED) is 0.750. The van der Waals surface area contributed by atoms with Crippen LogP contribution in [0.2, 0.25) is 5.02 Å². The Morgan fingerprint density at radius 2 is 1.83 bits per heavy atom. The lowest BCUT2D eigenvalue weighted by molar-refractivity contribution is -0.118. The van der Waals surface area contributed by atoms with Gasteiger partial charge in [0, 0.05) is 49.9 Å². The molecule has 1 aliphatic carbocycles. The molecule has 2 aromatic rings. The summed E-state index contributed by atoms with van der Waals surface area (Å²) in [5.74, 6) is -1.50. The number of fused-ring (bicyclic) bond motifs is 1. The number of benzene rings is 2. The van der Waals surface area contributed by atoms with Crippen LogP contribution in [0.1, 0.15) is 18.1 Å². The summed E-state index contributed by atoms with van der Waals surface area (Å²) in [6.45, 7) is 3.87. The standard InChI is InChI=1S/C22H22ClF2N3O2/c1-13-11-27(4-5-28(13)17-9-19(24)22(23)20(25)10-17)12-21(30)26-16-3-2-14-7-18(29)8-15(14)6-16/h2-3,6,9-10,13H,4-5,7-8,11-12H2,1H3,(H,26,30)/t13-/m1/s1. The smallest absolute Gasteiger partial charge is 0.238 e. The second-order valence-electron chi connectivity index (χ2n) is 7.92. The van der Waals surface area contributed by atoms with Crippen LogP contribution in [-0.2, 0) is 22.4 Å². The molecule has 1 fully saturated rings. The van der Waals surface area contributed by atoms with Crippen LogP contribution >= 0.6 is 11.6 Å². The van der Waals surface area contributed by atoms with Crippen molar-refractivity contribution >= 4 is 34.7 Å². The van der Waals surface area contributed by atoms with Crippen LogP contribution in [0.25, 0.3) is 0 Å². The van der Waals surface area contributed by atoms with Gasteiger partial charge in [-0.2, -0.15) is 0 Å². The van der Waals surface area contributed by atoms with Crippen molar-refractivity contribution in [2.75, 3.05) is 36.4 Å². The van der Waals surface area contributed by atoms with Gasteiger partial charge in [-0.25, -0.2) is 8.78 Å². The second kappa shape index (κ2) is 8.32. The highest BCUT2D eigenvalue weighted by Gasteiger charge is 2.26. The summed E-state index contributed by atoms with van der Waals surface area (Å²) >= 11 is 5.57. The van der Waals surface area contributed by atoms with Gasteiger partial charge in [-0.15, -0.1) is 0 Å². The lowest BCUT2D eigenvalue weighted by atomic mass is 10.1. The highest BCUT2D eigenvalue weighted by molar-refractivity contribution is 6.31. The Kier molecular flexibility index (Phi) is 5.75. The van der Waals surface area contributed by atoms with Crippen LogP contribution < -0.4 is 10.2 Å². The van der Waals surface area contributed by atoms with Gasteiger partial charge < -0.3 is 10.2 Å². The van der Waals surface area contributed by atoms with E-state index in [0.29, 0.717) is 43.9 Å². The summed E-state index contributed by atoms with van der Waals surface area (Å²) < 4.78 is 27.6. The molecule has 0 unspecified atom stereocenters. The van der Waals surface area contributed by atoms with E-state index in [1.54, 1.807) is 0 Å². The van der Waals surface area contributed by atoms with Crippen LogP contribution in [0.15, 0.2) is 30.3 Å². The Hall–Kier alpha value is -2.51. The number of nitrogens with one attached hydrogen (secondary N) is 1.